The van der Waals surface area contributed by atoms with Crippen LogP contribution in [0.3, 0.4) is 0 Å². The molecular weight excluding hydrogens is 170 g/mol. The van der Waals surface area contributed by atoms with Crippen molar-refractivity contribution in [2.45, 2.75) is 4.99 Å². The summed E-state index contributed by atoms with van der Waals surface area (Å²) in [4.78, 5) is 3.77. The number of hydrogen-bond acceptors (Lipinski definition) is 4. The Balaban J connectivity index is 2.29. The maximum atomic E-state index is 6.07. The Hall–Kier alpha value is -0.580. The predicted molar refractivity (Wildman–Crippen MR) is 50.6 cm³/mol. The summed E-state index contributed by atoms with van der Waals surface area (Å²) in [6.45, 7) is 0.956. The Morgan fingerprint density at radius 2 is 2.50 bits per heavy atom. The van der Waals surface area contributed by atoms with Gasteiger partial charge in [0.05, 0.1) is 5.69 Å². The lowest BCUT2D eigenvalue weighted by Crippen LogP contribution is -2.43. The van der Waals surface area contributed by atoms with Gasteiger partial charge in [-0.15, -0.1) is 11.8 Å². The van der Waals surface area contributed by atoms with E-state index in [0.29, 0.717) is 0 Å². The molecule has 2 heterocycles. The summed E-state index contributed by atoms with van der Waals surface area (Å²) in [5.41, 5.74) is 6.98. The third-order valence-electron chi connectivity index (χ3n) is 1.86. The van der Waals surface area contributed by atoms with Crippen LogP contribution in [0.15, 0.2) is 24.4 Å². The third-order valence-corrected chi connectivity index (χ3v) is 3.08. The quantitative estimate of drug-likeness (QED) is 0.662. The topological polar surface area (TPSA) is 50.9 Å². The summed E-state index contributed by atoms with van der Waals surface area (Å²) < 4.78 is 0. The minimum atomic E-state index is -0.457. The highest BCUT2D eigenvalue weighted by Gasteiger charge is 2.32. The number of rotatable bonds is 1. The van der Waals surface area contributed by atoms with Gasteiger partial charge in [0, 0.05) is 18.5 Å². The first-order valence-corrected chi connectivity index (χ1v) is 4.89. The lowest BCUT2D eigenvalue weighted by Gasteiger charge is -2.21. The van der Waals surface area contributed by atoms with E-state index in [9.17, 15) is 0 Å². The zero-order valence-electron chi connectivity index (χ0n) is 6.66. The van der Waals surface area contributed by atoms with E-state index in [2.05, 4.69) is 10.3 Å². The first kappa shape index (κ1) is 8.04. The van der Waals surface area contributed by atoms with Crippen molar-refractivity contribution < 1.29 is 0 Å². The number of hydrogen-bond donors (Lipinski definition) is 2. The van der Waals surface area contributed by atoms with E-state index in [1.54, 1.807) is 18.0 Å². The second-order valence-electron chi connectivity index (χ2n) is 2.73. The largest absolute Gasteiger partial charge is 0.299 e. The van der Waals surface area contributed by atoms with Gasteiger partial charge in [0.1, 0.15) is 0 Å². The minimum absolute atomic E-state index is 0.457. The van der Waals surface area contributed by atoms with E-state index in [1.807, 2.05) is 18.2 Å². The van der Waals surface area contributed by atoms with E-state index < -0.39 is 4.99 Å². The van der Waals surface area contributed by atoms with Crippen molar-refractivity contribution in [2.24, 2.45) is 5.73 Å². The van der Waals surface area contributed by atoms with Crippen LogP contribution in [0.1, 0.15) is 5.69 Å². The molecule has 0 aliphatic carbocycles. The van der Waals surface area contributed by atoms with E-state index >= 15 is 0 Å². The summed E-state index contributed by atoms with van der Waals surface area (Å²) in [5.74, 6) is 1.05. The zero-order chi connectivity index (χ0) is 8.44. The van der Waals surface area contributed by atoms with Crippen molar-refractivity contribution in [3.8, 4) is 0 Å². The smallest absolute Gasteiger partial charge is 0.158 e. The van der Waals surface area contributed by atoms with Crippen LogP contribution < -0.4 is 11.1 Å². The predicted octanol–water partition coefficient (Wildman–Crippen LogP) is 0.487. The number of nitrogens with one attached hydrogen (secondary N) is 1. The summed E-state index contributed by atoms with van der Waals surface area (Å²) in [7, 11) is 0. The van der Waals surface area contributed by atoms with Gasteiger partial charge in [-0.25, -0.2) is 0 Å². The maximum absolute atomic E-state index is 6.07. The molecule has 0 aromatic carbocycles. The average Bonchev–Trinajstić information content (AvgIpc) is 2.55. The number of aromatic nitrogens is 1. The lowest BCUT2D eigenvalue weighted by molar-refractivity contribution is 0.533. The molecule has 1 aromatic rings. The molecular formula is C8H11N3S. The molecule has 1 aliphatic heterocycles. The third kappa shape index (κ3) is 1.33. The molecule has 0 spiro atoms. The molecule has 1 fully saturated rings. The molecule has 12 heavy (non-hydrogen) atoms. The molecule has 3 nitrogen and oxygen atoms in total. The second-order valence-corrected chi connectivity index (χ2v) is 4.07. The van der Waals surface area contributed by atoms with Crippen LogP contribution in [0.2, 0.25) is 0 Å². The minimum Gasteiger partial charge on any atom is -0.299 e. The highest BCUT2D eigenvalue weighted by Crippen LogP contribution is 2.30. The molecule has 64 valence electrons. The fourth-order valence-electron chi connectivity index (χ4n) is 1.25. The van der Waals surface area contributed by atoms with Crippen LogP contribution in [-0.2, 0) is 4.99 Å². The molecule has 0 bridgehead atoms. The molecule has 1 aliphatic rings. The van der Waals surface area contributed by atoms with Crippen molar-refractivity contribution in [2.75, 3.05) is 12.3 Å². The molecule has 2 rings (SSSR count). The molecule has 0 amide bonds. The van der Waals surface area contributed by atoms with Crippen molar-refractivity contribution >= 4 is 11.8 Å². The molecule has 1 aromatic heterocycles. The van der Waals surface area contributed by atoms with Crippen LogP contribution in [0.25, 0.3) is 0 Å². The van der Waals surface area contributed by atoms with Crippen LogP contribution >= 0.6 is 11.8 Å². The summed E-state index contributed by atoms with van der Waals surface area (Å²) >= 11 is 1.70. The first-order chi connectivity index (χ1) is 5.81. The van der Waals surface area contributed by atoms with Crippen molar-refractivity contribution in [3.05, 3.63) is 30.1 Å². The molecule has 1 atom stereocenters. The Kier molecular flexibility index (Phi) is 2.04. The number of pyridine rings is 1. The van der Waals surface area contributed by atoms with Gasteiger partial charge < -0.3 is 0 Å². The fourth-order valence-corrected chi connectivity index (χ4v) is 2.25. The number of nitrogens with zero attached hydrogens (tertiary/aromatic N) is 1. The van der Waals surface area contributed by atoms with Gasteiger partial charge in [-0.05, 0) is 12.1 Å². The van der Waals surface area contributed by atoms with Gasteiger partial charge in [-0.2, -0.15) is 0 Å². The normalized spacial score (nSPS) is 29.1. The van der Waals surface area contributed by atoms with Crippen molar-refractivity contribution in [3.63, 3.8) is 0 Å². The number of thioether (sulfide) groups is 1. The molecule has 3 N–H and O–H groups in total. The highest BCUT2D eigenvalue weighted by molar-refractivity contribution is 8.00. The van der Waals surface area contributed by atoms with E-state index in [0.717, 1.165) is 18.0 Å². The second kappa shape index (κ2) is 3.05. The van der Waals surface area contributed by atoms with Crippen LogP contribution in [-0.4, -0.2) is 17.3 Å². The van der Waals surface area contributed by atoms with Gasteiger partial charge >= 0.3 is 0 Å². The SMILES string of the molecule is NC1(c2ccccn2)NCCS1. The van der Waals surface area contributed by atoms with Gasteiger partial charge in [-0.3, -0.25) is 16.0 Å². The van der Waals surface area contributed by atoms with E-state index in [4.69, 9.17) is 5.73 Å². The standard InChI is InChI=1S/C8H11N3S/c9-8(11-5-6-12-8)7-3-1-2-4-10-7/h1-4,11H,5-6,9H2. The first-order valence-electron chi connectivity index (χ1n) is 3.91. The Morgan fingerprint density at radius 3 is 3.08 bits per heavy atom. The summed E-state index contributed by atoms with van der Waals surface area (Å²) in [5, 5.41) is 3.23. The molecule has 1 unspecified atom stereocenters. The molecule has 0 radical (unpaired) electrons. The van der Waals surface area contributed by atoms with E-state index in [-0.39, 0.29) is 0 Å². The Morgan fingerprint density at radius 1 is 1.58 bits per heavy atom. The summed E-state index contributed by atoms with van der Waals surface area (Å²) in [6, 6.07) is 5.80. The van der Waals surface area contributed by atoms with Crippen LogP contribution in [0, 0.1) is 0 Å². The van der Waals surface area contributed by atoms with Crippen molar-refractivity contribution in [1.82, 2.24) is 10.3 Å². The van der Waals surface area contributed by atoms with Crippen LogP contribution in [0.4, 0.5) is 0 Å². The van der Waals surface area contributed by atoms with Gasteiger partial charge in [0.2, 0.25) is 0 Å². The van der Waals surface area contributed by atoms with Gasteiger partial charge in [0.25, 0.3) is 0 Å². The highest BCUT2D eigenvalue weighted by atomic mass is 32.2. The van der Waals surface area contributed by atoms with Gasteiger partial charge in [-0.1, -0.05) is 6.07 Å². The molecule has 1 saturated heterocycles. The van der Waals surface area contributed by atoms with Crippen molar-refractivity contribution in [1.29, 1.82) is 0 Å². The monoisotopic (exact) mass is 181 g/mol. The van der Waals surface area contributed by atoms with E-state index in [1.165, 1.54) is 0 Å². The Bertz CT molecular complexity index is 256. The van der Waals surface area contributed by atoms with Crippen LogP contribution in [0.5, 0.6) is 0 Å². The average molecular weight is 181 g/mol. The molecule has 0 saturated carbocycles. The molecule has 4 heteroatoms. The van der Waals surface area contributed by atoms with Gasteiger partial charge in [0.15, 0.2) is 4.99 Å². The summed E-state index contributed by atoms with van der Waals surface area (Å²) in [6.07, 6.45) is 1.77. The number of nitrogens with two attached hydrogens (primary N) is 1. The Labute approximate surface area is 75.8 Å². The lowest BCUT2D eigenvalue weighted by atomic mass is 10.3. The zero-order valence-corrected chi connectivity index (χ0v) is 7.47. The maximum Gasteiger partial charge on any atom is 0.158 e. The fraction of sp³-hybridized carbons (Fsp3) is 0.375.